The van der Waals surface area contributed by atoms with Crippen LogP contribution < -0.4 is 11.2 Å². The molecule has 96 valence electrons. The summed E-state index contributed by atoms with van der Waals surface area (Å²) in [4.78, 5) is 15.1. The van der Waals surface area contributed by atoms with Gasteiger partial charge >= 0.3 is 0 Å². The third kappa shape index (κ3) is 2.90. The van der Waals surface area contributed by atoms with E-state index in [-0.39, 0.29) is 5.43 Å². The molecule has 18 heavy (non-hydrogen) atoms. The van der Waals surface area contributed by atoms with Gasteiger partial charge in [-0.05, 0) is 24.1 Å². The van der Waals surface area contributed by atoms with E-state index in [4.69, 9.17) is 10.5 Å². The number of aromatic nitrogens is 1. The number of hydrogen-bond donors (Lipinski definition) is 2. The minimum atomic E-state index is -0.0285. The monoisotopic (exact) mass is 246 g/mol. The first-order valence-corrected chi connectivity index (χ1v) is 6.05. The fraction of sp³-hybridized carbons (Fsp3) is 0.357. The summed E-state index contributed by atoms with van der Waals surface area (Å²) in [6, 6.07) is 6.85. The number of nitrogens with one attached hydrogen (secondary N) is 1. The first-order valence-electron chi connectivity index (χ1n) is 6.05. The van der Waals surface area contributed by atoms with Crippen molar-refractivity contribution < 1.29 is 4.74 Å². The summed E-state index contributed by atoms with van der Waals surface area (Å²) in [6.45, 7) is 5.29. The van der Waals surface area contributed by atoms with Crippen molar-refractivity contribution in [2.45, 2.75) is 20.5 Å². The maximum Gasteiger partial charge on any atom is 0.189 e. The average Bonchev–Trinajstić information content (AvgIpc) is 2.30. The van der Waals surface area contributed by atoms with Crippen molar-refractivity contribution in [1.29, 1.82) is 0 Å². The van der Waals surface area contributed by atoms with Gasteiger partial charge in [-0.3, -0.25) is 4.79 Å². The predicted octanol–water partition coefficient (Wildman–Crippen LogP) is 2.28. The molecule has 2 rings (SSSR count). The van der Waals surface area contributed by atoms with Gasteiger partial charge in [0.05, 0.1) is 6.61 Å². The Morgan fingerprint density at radius 2 is 2.11 bits per heavy atom. The van der Waals surface area contributed by atoms with Crippen LogP contribution in [0.25, 0.3) is 10.9 Å². The van der Waals surface area contributed by atoms with Crippen LogP contribution in [0.4, 0.5) is 5.69 Å². The highest BCUT2D eigenvalue weighted by Crippen LogP contribution is 2.12. The molecule has 0 radical (unpaired) electrons. The topological polar surface area (TPSA) is 68.1 Å². The molecule has 0 saturated heterocycles. The quantitative estimate of drug-likeness (QED) is 0.813. The third-order valence-corrected chi connectivity index (χ3v) is 2.62. The van der Waals surface area contributed by atoms with Gasteiger partial charge in [0.25, 0.3) is 0 Å². The summed E-state index contributed by atoms with van der Waals surface area (Å²) in [5, 5.41) is 0.614. The number of nitrogens with two attached hydrogens (primary N) is 1. The molecular formula is C14H18N2O2. The molecule has 3 N–H and O–H groups in total. The van der Waals surface area contributed by atoms with Gasteiger partial charge in [-0.1, -0.05) is 13.8 Å². The Morgan fingerprint density at radius 1 is 1.33 bits per heavy atom. The van der Waals surface area contributed by atoms with Crippen LogP contribution in [-0.4, -0.2) is 11.6 Å². The zero-order valence-corrected chi connectivity index (χ0v) is 10.7. The molecular weight excluding hydrogens is 228 g/mol. The Bertz CT molecular complexity index is 602. The third-order valence-electron chi connectivity index (χ3n) is 2.62. The SMILES string of the molecule is CC(C)COCc1cc(=O)c2cc(N)ccc2[nH]1. The lowest BCUT2D eigenvalue weighted by Crippen LogP contribution is -2.08. The molecule has 4 nitrogen and oxygen atoms in total. The number of hydrogen-bond acceptors (Lipinski definition) is 3. The van der Waals surface area contributed by atoms with E-state index in [1.807, 2.05) is 6.07 Å². The van der Waals surface area contributed by atoms with E-state index < -0.39 is 0 Å². The Hall–Kier alpha value is -1.81. The first-order chi connectivity index (χ1) is 8.56. The molecule has 4 heteroatoms. The zero-order valence-electron chi connectivity index (χ0n) is 10.7. The summed E-state index contributed by atoms with van der Waals surface area (Å²) in [6.07, 6.45) is 0. The number of benzene rings is 1. The number of nitrogen functional groups attached to an aromatic ring is 1. The van der Waals surface area contributed by atoms with E-state index in [1.54, 1.807) is 18.2 Å². The summed E-state index contributed by atoms with van der Waals surface area (Å²) >= 11 is 0. The second-order valence-corrected chi connectivity index (χ2v) is 4.87. The lowest BCUT2D eigenvalue weighted by Gasteiger charge is -2.08. The minimum Gasteiger partial charge on any atom is -0.399 e. The highest BCUT2D eigenvalue weighted by atomic mass is 16.5. The van der Waals surface area contributed by atoms with Crippen LogP contribution >= 0.6 is 0 Å². The van der Waals surface area contributed by atoms with Crippen LogP contribution in [0.2, 0.25) is 0 Å². The van der Waals surface area contributed by atoms with E-state index in [9.17, 15) is 4.79 Å². The van der Waals surface area contributed by atoms with Gasteiger partial charge in [-0.2, -0.15) is 0 Å². The number of anilines is 1. The highest BCUT2D eigenvalue weighted by molar-refractivity contribution is 5.81. The second-order valence-electron chi connectivity index (χ2n) is 4.87. The highest BCUT2D eigenvalue weighted by Gasteiger charge is 2.03. The second kappa shape index (κ2) is 5.23. The van der Waals surface area contributed by atoms with Gasteiger partial charge in [0, 0.05) is 35.0 Å². The fourth-order valence-corrected chi connectivity index (χ4v) is 1.80. The van der Waals surface area contributed by atoms with Crippen LogP contribution in [0.1, 0.15) is 19.5 Å². The van der Waals surface area contributed by atoms with E-state index in [0.717, 1.165) is 11.2 Å². The molecule has 0 bridgehead atoms. The van der Waals surface area contributed by atoms with E-state index in [0.29, 0.717) is 30.2 Å². The molecule has 0 amide bonds. The maximum absolute atomic E-state index is 11.9. The molecule has 0 unspecified atom stereocenters. The van der Waals surface area contributed by atoms with Crippen LogP contribution in [0, 0.1) is 5.92 Å². The molecule has 1 aromatic carbocycles. The standard InChI is InChI=1S/C14H18N2O2/c1-9(2)7-18-8-11-6-14(17)12-5-10(15)3-4-13(12)16-11/h3-6,9H,7-8,15H2,1-2H3,(H,16,17). The predicted molar refractivity (Wildman–Crippen MR) is 73.5 cm³/mol. The number of H-pyrrole nitrogens is 1. The van der Waals surface area contributed by atoms with Crippen molar-refractivity contribution >= 4 is 16.6 Å². The van der Waals surface area contributed by atoms with Crippen LogP contribution in [0.3, 0.4) is 0 Å². The molecule has 0 saturated carbocycles. The Balaban J connectivity index is 2.26. The molecule has 0 spiro atoms. The smallest absolute Gasteiger partial charge is 0.189 e. The number of fused-ring (bicyclic) bond motifs is 1. The Morgan fingerprint density at radius 3 is 2.83 bits per heavy atom. The van der Waals surface area contributed by atoms with Crippen molar-refractivity contribution in [3.8, 4) is 0 Å². The van der Waals surface area contributed by atoms with Gasteiger partial charge in [0.15, 0.2) is 5.43 Å². The lowest BCUT2D eigenvalue weighted by molar-refractivity contribution is 0.0949. The van der Waals surface area contributed by atoms with E-state index >= 15 is 0 Å². The Labute approximate surface area is 106 Å². The minimum absolute atomic E-state index is 0.0285. The maximum atomic E-state index is 11.9. The molecule has 1 aromatic heterocycles. The Kier molecular flexibility index (Phi) is 3.67. The normalized spacial score (nSPS) is 11.3. The summed E-state index contributed by atoms with van der Waals surface area (Å²) < 4.78 is 5.51. The number of ether oxygens (including phenoxy) is 1. The van der Waals surface area contributed by atoms with Crippen LogP contribution in [0.15, 0.2) is 29.1 Å². The largest absolute Gasteiger partial charge is 0.399 e. The average molecular weight is 246 g/mol. The molecule has 1 heterocycles. The van der Waals surface area contributed by atoms with Crippen LogP contribution in [-0.2, 0) is 11.3 Å². The summed E-state index contributed by atoms with van der Waals surface area (Å²) in [5.74, 6) is 0.483. The van der Waals surface area contributed by atoms with Gasteiger partial charge in [-0.15, -0.1) is 0 Å². The van der Waals surface area contributed by atoms with Crippen LogP contribution in [0.5, 0.6) is 0 Å². The lowest BCUT2D eigenvalue weighted by atomic mass is 10.2. The van der Waals surface area contributed by atoms with Crippen molar-refractivity contribution in [3.05, 3.63) is 40.2 Å². The van der Waals surface area contributed by atoms with Crippen molar-refractivity contribution in [1.82, 2.24) is 4.98 Å². The fourth-order valence-electron chi connectivity index (χ4n) is 1.80. The van der Waals surface area contributed by atoms with Crippen molar-refractivity contribution in [2.75, 3.05) is 12.3 Å². The molecule has 2 aromatic rings. The number of aromatic amines is 1. The van der Waals surface area contributed by atoms with Gasteiger partial charge < -0.3 is 15.5 Å². The molecule has 0 aliphatic rings. The van der Waals surface area contributed by atoms with Crippen molar-refractivity contribution in [3.63, 3.8) is 0 Å². The van der Waals surface area contributed by atoms with E-state index in [1.165, 1.54) is 0 Å². The number of rotatable bonds is 4. The summed E-state index contributed by atoms with van der Waals surface area (Å²) in [5.41, 5.74) is 7.81. The zero-order chi connectivity index (χ0) is 13.1. The van der Waals surface area contributed by atoms with E-state index in [2.05, 4.69) is 18.8 Å². The molecule has 0 aliphatic carbocycles. The summed E-state index contributed by atoms with van der Waals surface area (Å²) in [7, 11) is 0. The number of pyridine rings is 1. The van der Waals surface area contributed by atoms with Crippen molar-refractivity contribution in [2.24, 2.45) is 5.92 Å². The molecule has 0 fully saturated rings. The molecule has 0 atom stereocenters. The molecule has 0 aliphatic heterocycles. The van der Waals surface area contributed by atoms with Gasteiger partial charge in [0.2, 0.25) is 0 Å². The van der Waals surface area contributed by atoms with Gasteiger partial charge in [0.1, 0.15) is 0 Å². The first kappa shape index (κ1) is 12.6. The van der Waals surface area contributed by atoms with Gasteiger partial charge in [-0.25, -0.2) is 0 Å².